The molecule has 0 radical (unpaired) electrons. The van der Waals surface area contributed by atoms with Crippen LogP contribution in [0.25, 0.3) is 0 Å². The SMILES string of the molecule is Cc1nc(NCC(C)C)cc(Nc2ccc(Br)c(C)c2)n1. The van der Waals surface area contributed by atoms with Crippen LogP contribution in [0.15, 0.2) is 28.7 Å². The Morgan fingerprint density at radius 2 is 1.81 bits per heavy atom. The van der Waals surface area contributed by atoms with Crippen LogP contribution < -0.4 is 10.6 Å². The molecule has 0 saturated carbocycles. The maximum atomic E-state index is 4.43. The lowest BCUT2D eigenvalue weighted by atomic mass is 10.2. The number of rotatable bonds is 5. The Labute approximate surface area is 134 Å². The zero-order valence-electron chi connectivity index (χ0n) is 12.9. The van der Waals surface area contributed by atoms with Gasteiger partial charge in [0.2, 0.25) is 0 Å². The Bertz CT molecular complexity index is 626. The fourth-order valence-electron chi connectivity index (χ4n) is 1.90. The Morgan fingerprint density at radius 3 is 2.48 bits per heavy atom. The molecule has 0 atom stereocenters. The first kappa shape index (κ1) is 15.8. The first-order valence-corrected chi connectivity index (χ1v) is 7.86. The van der Waals surface area contributed by atoms with Gasteiger partial charge in [0.25, 0.3) is 0 Å². The maximum absolute atomic E-state index is 4.43. The standard InChI is InChI=1S/C16H21BrN4/c1-10(2)9-18-15-8-16(20-12(4)19-15)21-13-5-6-14(17)11(3)7-13/h5-8,10H,9H2,1-4H3,(H2,18,19,20,21). The van der Waals surface area contributed by atoms with Gasteiger partial charge in [0.1, 0.15) is 17.5 Å². The zero-order valence-corrected chi connectivity index (χ0v) is 14.5. The number of aryl methyl sites for hydroxylation is 2. The van der Waals surface area contributed by atoms with E-state index in [2.05, 4.69) is 63.4 Å². The second-order valence-corrected chi connectivity index (χ2v) is 6.40. The fourth-order valence-corrected chi connectivity index (χ4v) is 2.15. The molecule has 0 amide bonds. The summed E-state index contributed by atoms with van der Waals surface area (Å²) in [4.78, 5) is 8.84. The van der Waals surface area contributed by atoms with Crippen molar-refractivity contribution in [3.63, 3.8) is 0 Å². The van der Waals surface area contributed by atoms with Crippen molar-refractivity contribution in [2.24, 2.45) is 5.92 Å². The number of anilines is 3. The Hall–Kier alpha value is -1.62. The second kappa shape index (κ2) is 6.89. The molecule has 1 aromatic heterocycles. The molecule has 4 nitrogen and oxygen atoms in total. The molecular formula is C16H21BrN4. The molecule has 0 bridgehead atoms. The van der Waals surface area contributed by atoms with Crippen molar-refractivity contribution < 1.29 is 0 Å². The van der Waals surface area contributed by atoms with E-state index in [4.69, 9.17) is 0 Å². The van der Waals surface area contributed by atoms with E-state index < -0.39 is 0 Å². The van der Waals surface area contributed by atoms with Crippen LogP contribution in [0.2, 0.25) is 0 Å². The van der Waals surface area contributed by atoms with Gasteiger partial charge in [-0.1, -0.05) is 29.8 Å². The van der Waals surface area contributed by atoms with E-state index in [1.807, 2.05) is 25.1 Å². The lowest BCUT2D eigenvalue weighted by Crippen LogP contribution is -2.10. The summed E-state index contributed by atoms with van der Waals surface area (Å²) in [6, 6.07) is 8.08. The third-order valence-corrected chi connectivity index (χ3v) is 3.85. The molecule has 2 rings (SSSR count). The number of benzene rings is 1. The van der Waals surface area contributed by atoms with E-state index in [0.717, 1.165) is 34.2 Å². The summed E-state index contributed by atoms with van der Waals surface area (Å²) in [5.41, 5.74) is 2.20. The summed E-state index contributed by atoms with van der Waals surface area (Å²) < 4.78 is 1.10. The minimum absolute atomic E-state index is 0.575. The first-order chi connectivity index (χ1) is 9.94. The Morgan fingerprint density at radius 1 is 1.10 bits per heavy atom. The van der Waals surface area contributed by atoms with Crippen molar-refractivity contribution in [2.75, 3.05) is 17.2 Å². The Kier molecular flexibility index (Phi) is 5.17. The van der Waals surface area contributed by atoms with E-state index in [9.17, 15) is 0 Å². The van der Waals surface area contributed by atoms with Crippen molar-refractivity contribution in [3.8, 4) is 0 Å². The number of nitrogens with zero attached hydrogens (tertiary/aromatic N) is 2. The molecule has 0 saturated heterocycles. The van der Waals surface area contributed by atoms with E-state index in [1.54, 1.807) is 0 Å². The molecule has 0 fully saturated rings. The van der Waals surface area contributed by atoms with Gasteiger partial charge in [-0.25, -0.2) is 9.97 Å². The van der Waals surface area contributed by atoms with Crippen LogP contribution in [0.1, 0.15) is 25.2 Å². The van der Waals surface area contributed by atoms with Crippen LogP contribution >= 0.6 is 15.9 Å². The highest BCUT2D eigenvalue weighted by Gasteiger charge is 2.04. The van der Waals surface area contributed by atoms with Crippen LogP contribution in [-0.4, -0.2) is 16.5 Å². The van der Waals surface area contributed by atoms with Crippen molar-refractivity contribution in [1.29, 1.82) is 0 Å². The van der Waals surface area contributed by atoms with Crippen LogP contribution in [0.5, 0.6) is 0 Å². The fraction of sp³-hybridized carbons (Fsp3) is 0.375. The van der Waals surface area contributed by atoms with Gasteiger partial charge in [0.05, 0.1) is 0 Å². The third-order valence-electron chi connectivity index (χ3n) is 2.96. The molecule has 112 valence electrons. The minimum Gasteiger partial charge on any atom is -0.370 e. The van der Waals surface area contributed by atoms with Gasteiger partial charge in [0, 0.05) is 22.8 Å². The lowest BCUT2D eigenvalue weighted by Gasteiger charge is -2.12. The van der Waals surface area contributed by atoms with E-state index in [1.165, 1.54) is 5.56 Å². The third kappa shape index (κ3) is 4.70. The van der Waals surface area contributed by atoms with Crippen LogP contribution in [0.3, 0.4) is 0 Å². The molecule has 21 heavy (non-hydrogen) atoms. The zero-order chi connectivity index (χ0) is 15.4. The maximum Gasteiger partial charge on any atom is 0.136 e. The minimum atomic E-state index is 0.575. The lowest BCUT2D eigenvalue weighted by molar-refractivity contribution is 0.686. The van der Waals surface area contributed by atoms with Gasteiger partial charge in [0.15, 0.2) is 0 Å². The molecule has 1 heterocycles. The predicted molar refractivity (Wildman–Crippen MR) is 92.3 cm³/mol. The van der Waals surface area contributed by atoms with Gasteiger partial charge in [-0.3, -0.25) is 0 Å². The van der Waals surface area contributed by atoms with Gasteiger partial charge in [-0.05, 0) is 43.5 Å². The highest BCUT2D eigenvalue weighted by molar-refractivity contribution is 9.10. The highest BCUT2D eigenvalue weighted by atomic mass is 79.9. The monoisotopic (exact) mass is 348 g/mol. The van der Waals surface area contributed by atoms with Crippen molar-refractivity contribution in [2.45, 2.75) is 27.7 Å². The molecule has 2 N–H and O–H groups in total. The Balaban J connectivity index is 2.17. The summed E-state index contributed by atoms with van der Waals surface area (Å²) >= 11 is 3.51. The largest absolute Gasteiger partial charge is 0.370 e. The number of nitrogens with one attached hydrogen (secondary N) is 2. The van der Waals surface area contributed by atoms with Crippen LogP contribution in [0, 0.1) is 19.8 Å². The molecule has 0 aliphatic carbocycles. The number of hydrogen-bond donors (Lipinski definition) is 2. The van der Waals surface area contributed by atoms with E-state index >= 15 is 0 Å². The van der Waals surface area contributed by atoms with Crippen molar-refractivity contribution >= 4 is 33.3 Å². The molecular weight excluding hydrogens is 328 g/mol. The molecule has 2 aromatic rings. The quantitative estimate of drug-likeness (QED) is 0.824. The van der Waals surface area contributed by atoms with Crippen LogP contribution in [0.4, 0.5) is 17.3 Å². The van der Waals surface area contributed by atoms with Gasteiger partial charge >= 0.3 is 0 Å². The highest BCUT2D eigenvalue weighted by Crippen LogP contribution is 2.23. The molecule has 5 heteroatoms. The summed E-state index contributed by atoms with van der Waals surface area (Å²) in [7, 11) is 0. The molecule has 0 aliphatic heterocycles. The van der Waals surface area contributed by atoms with Crippen molar-refractivity contribution in [1.82, 2.24) is 9.97 Å². The summed E-state index contributed by atoms with van der Waals surface area (Å²) in [6.07, 6.45) is 0. The summed E-state index contributed by atoms with van der Waals surface area (Å²) in [5, 5.41) is 6.66. The summed E-state index contributed by atoms with van der Waals surface area (Å²) in [6.45, 7) is 9.21. The number of halogens is 1. The normalized spacial score (nSPS) is 10.8. The van der Waals surface area contributed by atoms with Gasteiger partial charge in [-0.2, -0.15) is 0 Å². The van der Waals surface area contributed by atoms with E-state index in [0.29, 0.717) is 5.92 Å². The molecule has 0 aliphatic rings. The van der Waals surface area contributed by atoms with E-state index in [-0.39, 0.29) is 0 Å². The number of aromatic nitrogens is 2. The molecule has 0 spiro atoms. The smallest absolute Gasteiger partial charge is 0.136 e. The molecule has 1 aromatic carbocycles. The van der Waals surface area contributed by atoms with Gasteiger partial charge < -0.3 is 10.6 Å². The first-order valence-electron chi connectivity index (χ1n) is 7.07. The average molecular weight is 349 g/mol. The number of hydrogen-bond acceptors (Lipinski definition) is 4. The van der Waals surface area contributed by atoms with Crippen molar-refractivity contribution in [3.05, 3.63) is 40.1 Å². The van der Waals surface area contributed by atoms with Gasteiger partial charge in [-0.15, -0.1) is 0 Å². The topological polar surface area (TPSA) is 49.8 Å². The predicted octanol–water partition coefficient (Wildman–Crippen LogP) is 4.67. The molecule has 0 unspecified atom stereocenters. The summed E-state index contributed by atoms with van der Waals surface area (Å²) in [5.74, 6) is 2.98. The average Bonchev–Trinajstić information content (AvgIpc) is 2.40. The van der Waals surface area contributed by atoms with Crippen LogP contribution in [-0.2, 0) is 0 Å². The second-order valence-electron chi connectivity index (χ2n) is 5.55.